The minimum absolute atomic E-state index is 0.251. The third-order valence-corrected chi connectivity index (χ3v) is 6.53. The van der Waals surface area contributed by atoms with E-state index >= 15 is 0 Å². The molecule has 1 atom stereocenters. The molecular formula is C17H25BrN2O4S. The monoisotopic (exact) mass is 432 g/mol. The summed E-state index contributed by atoms with van der Waals surface area (Å²) in [5, 5.41) is 0.596. The largest absolute Gasteiger partial charge is 0.444 e. The number of sulfonamides is 1. The van der Waals surface area contributed by atoms with Gasteiger partial charge in [0.15, 0.2) is 0 Å². The second-order valence-corrected chi connectivity index (χ2v) is 9.62. The van der Waals surface area contributed by atoms with E-state index in [9.17, 15) is 13.2 Å². The van der Waals surface area contributed by atoms with E-state index in [1.54, 1.807) is 23.1 Å². The zero-order valence-electron chi connectivity index (χ0n) is 15.0. The molecule has 1 heterocycles. The summed E-state index contributed by atoms with van der Waals surface area (Å²) in [6.45, 7) is 8.12. The molecule has 0 saturated carbocycles. The molecule has 1 aromatic carbocycles. The van der Waals surface area contributed by atoms with Gasteiger partial charge in [-0.05, 0) is 45.4 Å². The fourth-order valence-corrected chi connectivity index (χ4v) is 4.75. The second kappa shape index (κ2) is 7.63. The highest BCUT2D eigenvalue weighted by Crippen LogP contribution is 2.23. The van der Waals surface area contributed by atoms with Crippen molar-refractivity contribution in [2.75, 3.05) is 19.6 Å². The molecule has 0 radical (unpaired) electrons. The van der Waals surface area contributed by atoms with Gasteiger partial charge >= 0.3 is 6.09 Å². The van der Waals surface area contributed by atoms with Gasteiger partial charge in [-0.1, -0.05) is 28.1 Å². The average Bonchev–Trinajstić information content (AvgIpc) is 2.53. The van der Waals surface area contributed by atoms with E-state index in [1.807, 2.05) is 33.8 Å². The van der Waals surface area contributed by atoms with Crippen LogP contribution in [-0.2, 0) is 20.1 Å². The number of rotatable bonds is 3. The molecular weight excluding hydrogens is 408 g/mol. The van der Waals surface area contributed by atoms with Crippen LogP contribution < -0.4 is 0 Å². The van der Waals surface area contributed by atoms with Crippen molar-refractivity contribution < 1.29 is 17.9 Å². The maximum Gasteiger partial charge on any atom is 0.410 e. The van der Waals surface area contributed by atoms with Crippen LogP contribution in [0.5, 0.6) is 0 Å². The second-order valence-electron chi connectivity index (χ2n) is 7.17. The molecule has 1 fully saturated rings. The number of ether oxygens (including phenoxy) is 1. The summed E-state index contributed by atoms with van der Waals surface area (Å²) in [4.78, 5) is 14.0. The number of halogens is 1. The molecule has 1 aliphatic rings. The van der Waals surface area contributed by atoms with E-state index in [0.29, 0.717) is 18.4 Å². The summed E-state index contributed by atoms with van der Waals surface area (Å²) >= 11 is 3.35. The van der Waals surface area contributed by atoms with Crippen molar-refractivity contribution in [1.29, 1.82) is 0 Å². The Morgan fingerprint density at radius 3 is 2.56 bits per heavy atom. The smallest absolute Gasteiger partial charge is 0.410 e. The van der Waals surface area contributed by atoms with Crippen LogP contribution in [0.25, 0.3) is 0 Å². The Kier molecular flexibility index (Phi) is 6.17. The first kappa shape index (κ1) is 20.2. The average molecular weight is 433 g/mol. The lowest BCUT2D eigenvalue weighted by molar-refractivity contribution is 0.0143. The minimum atomic E-state index is -3.59. The summed E-state index contributed by atoms with van der Waals surface area (Å²) in [6, 6.07) is 6.58. The number of amides is 1. The molecule has 6 nitrogen and oxygen atoms in total. The number of hydrogen-bond donors (Lipinski definition) is 0. The van der Waals surface area contributed by atoms with Gasteiger partial charge in [-0.15, -0.1) is 0 Å². The zero-order valence-corrected chi connectivity index (χ0v) is 17.4. The van der Waals surface area contributed by atoms with Crippen molar-refractivity contribution in [2.45, 2.75) is 49.6 Å². The number of nitrogens with zero attached hydrogens (tertiary/aromatic N) is 2. The van der Waals surface area contributed by atoms with E-state index in [-0.39, 0.29) is 17.5 Å². The topological polar surface area (TPSA) is 66.9 Å². The molecule has 1 aliphatic heterocycles. The third-order valence-electron chi connectivity index (χ3n) is 3.88. The van der Waals surface area contributed by atoms with E-state index in [0.717, 1.165) is 5.56 Å². The van der Waals surface area contributed by atoms with Crippen LogP contribution in [0.4, 0.5) is 4.79 Å². The van der Waals surface area contributed by atoms with Crippen LogP contribution in [0.2, 0.25) is 0 Å². The SMILES string of the molecule is C[C@@H]1CN(C(=O)OC(C)(C)C)CCN1S(=O)(=O)c1cccc(CBr)c1. The Morgan fingerprint density at radius 2 is 2.00 bits per heavy atom. The highest BCUT2D eigenvalue weighted by Gasteiger charge is 2.36. The molecule has 1 amide bonds. The van der Waals surface area contributed by atoms with Gasteiger partial charge in [0.2, 0.25) is 10.0 Å². The Morgan fingerprint density at radius 1 is 1.32 bits per heavy atom. The molecule has 0 unspecified atom stereocenters. The highest BCUT2D eigenvalue weighted by atomic mass is 79.9. The Labute approximate surface area is 158 Å². The third kappa shape index (κ3) is 4.95. The Hall–Kier alpha value is -1.12. The number of piperazine rings is 1. The lowest BCUT2D eigenvalue weighted by Gasteiger charge is -2.39. The molecule has 1 aromatic rings. The van der Waals surface area contributed by atoms with Crippen molar-refractivity contribution in [3.05, 3.63) is 29.8 Å². The molecule has 0 N–H and O–H groups in total. The molecule has 0 aromatic heterocycles. The van der Waals surface area contributed by atoms with Crippen LogP contribution in [0.1, 0.15) is 33.3 Å². The normalized spacial score (nSPS) is 19.7. The van der Waals surface area contributed by atoms with Gasteiger partial charge in [-0.25, -0.2) is 13.2 Å². The molecule has 0 spiro atoms. The van der Waals surface area contributed by atoms with E-state index in [4.69, 9.17) is 4.74 Å². The van der Waals surface area contributed by atoms with Crippen molar-refractivity contribution >= 4 is 32.0 Å². The van der Waals surface area contributed by atoms with Gasteiger partial charge in [-0.3, -0.25) is 0 Å². The number of carbonyl (C=O) groups excluding carboxylic acids is 1. The maximum atomic E-state index is 12.9. The van der Waals surface area contributed by atoms with Crippen molar-refractivity contribution in [3.8, 4) is 0 Å². The predicted octanol–water partition coefficient (Wildman–Crippen LogP) is 3.21. The Balaban J connectivity index is 2.13. The van der Waals surface area contributed by atoms with Gasteiger partial charge in [-0.2, -0.15) is 4.31 Å². The molecule has 25 heavy (non-hydrogen) atoms. The summed E-state index contributed by atoms with van der Waals surface area (Å²) in [7, 11) is -3.59. The summed E-state index contributed by atoms with van der Waals surface area (Å²) in [5.74, 6) is 0. The zero-order chi connectivity index (χ0) is 18.8. The number of carbonyl (C=O) groups is 1. The number of benzene rings is 1. The highest BCUT2D eigenvalue weighted by molar-refractivity contribution is 9.08. The summed E-state index contributed by atoms with van der Waals surface area (Å²) < 4.78 is 32.7. The van der Waals surface area contributed by atoms with E-state index in [1.165, 1.54) is 4.31 Å². The summed E-state index contributed by atoms with van der Waals surface area (Å²) in [5.41, 5.74) is 0.334. The Bertz CT molecular complexity index is 730. The fourth-order valence-electron chi connectivity index (χ4n) is 2.71. The van der Waals surface area contributed by atoms with Crippen molar-refractivity contribution in [2.24, 2.45) is 0 Å². The van der Waals surface area contributed by atoms with Gasteiger partial charge in [0.25, 0.3) is 0 Å². The van der Waals surface area contributed by atoms with Gasteiger partial charge < -0.3 is 9.64 Å². The number of alkyl halides is 1. The van der Waals surface area contributed by atoms with Crippen LogP contribution >= 0.6 is 15.9 Å². The molecule has 0 bridgehead atoms. The first-order valence-corrected chi connectivity index (χ1v) is 10.8. The predicted molar refractivity (Wildman–Crippen MR) is 100 cm³/mol. The maximum absolute atomic E-state index is 12.9. The molecule has 1 saturated heterocycles. The molecule has 140 valence electrons. The lowest BCUT2D eigenvalue weighted by atomic mass is 10.2. The lowest BCUT2D eigenvalue weighted by Crippen LogP contribution is -2.56. The standard InChI is InChI=1S/C17H25BrN2O4S/c1-13-12-19(16(21)24-17(2,3)4)8-9-20(13)25(22,23)15-7-5-6-14(10-15)11-18/h5-7,10,13H,8-9,11-12H2,1-4H3/t13-/m1/s1. The quantitative estimate of drug-likeness (QED) is 0.687. The van der Waals surface area contributed by atoms with Crippen LogP contribution in [-0.4, -0.2) is 55.0 Å². The van der Waals surface area contributed by atoms with Crippen molar-refractivity contribution in [1.82, 2.24) is 9.21 Å². The van der Waals surface area contributed by atoms with Gasteiger partial charge in [0, 0.05) is 31.0 Å². The van der Waals surface area contributed by atoms with E-state index < -0.39 is 21.7 Å². The first-order chi connectivity index (χ1) is 11.5. The molecule has 8 heteroatoms. The molecule has 2 rings (SSSR count). The van der Waals surface area contributed by atoms with Crippen molar-refractivity contribution in [3.63, 3.8) is 0 Å². The van der Waals surface area contributed by atoms with Gasteiger partial charge in [0.05, 0.1) is 4.90 Å². The molecule has 0 aliphatic carbocycles. The van der Waals surface area contributed by atoms with Gasteiger partial charge in [0.1, 0.15) is 5.60 Å². The number of hydrogen-bond acceptors (Lipinski definition) is 4. The minimum Gasteiger partial charge on any atom is -0.444 e. The fraction of sp³-hybridized carbons (Fsp3) is 0.588. The van der Waals surface area contributed by atoms with E-state index in [2.05, 4.69) is 15.9 Å². The van der Waals surface area contributed by atoms with Crippen LogP contribution in [0.3, 0.4) is 0 Å². The summed E-state index contributed by atoms with van der Waals surface area (Å²) in [6.07, 6.45) is -0.405. The van der Waals surface area contributed by atoms with Crippen LogP contribution in [0, 0.1) is 0 Å². The first-order valence-electron chi connectivity index (χ1n) is 8.19. The van der Waals surface area contributed by atoms with Crippen LogP contribution in [0.15, 0.2) is 29.2 Å².